The number of hydrogen-bond donors (Lipinski definition) is 1. The molecule has 0 amide bonds. The molecule has 0 fully saturated rings. The normalized spacial score (nSPS) is 14.8. The highest BCUT2D eigenvalue weighted by Crippen LogP contribution is 2.27. The lowest BCUT2D eigenvalue weighted by Crippen LogP contribution is -2.12. The van der Waals surface area contributed by atoms with Crippen LogP contribution in [0.3, 0.4) is 0 Å². The number of hydrogen-bond acceptors (Lipinski definition) is 2. The summed E-state index contributed by atoms with van der Waals surface area (Å²) in [4.78, 5) is 0. The fourth-order valence-corrected chi connectivity index (χ4v) is 1.85. The van der Waals surface area contributed by atoms with E-state index in [9.17, 15) is 5.11 Å². The highest BCUT2D eigenvalue weighted by molar-refractivity contribution is 5.32. The molecule has 90 valence electrons. The van der Waals surface area contributed by atoms with E-state index >= 15 is 0 Å². The van der Waals surface area contributed by atoms with Crippen LogP contribution in [0.4, 0.5) is 0 Å². The third-order valence-corrected chi connectivity index (χ3v) is 3.07. The molecule has 2 atom stereocenters. The predicted molar refractivity (Wildman–Crippen MR) is 66.5 cm³/mol. The predicted octanol–water partition coefficient (Wildman–Crippen LogP) is 3.01. The smallest absolute Gasteiger partial charge is 0.0819 e. The molecule has 2 nitrogen and oxygen atoms in total. The van der Waals surface area contributed by atoms with Gasteiger partial charge in [-0.3, -0.25) is 0 Å². The zero-order valence-electron chi connectivity index (χ0n) is 10.7. The minimum absolute atomic E-state index is 0.223. The number of benzene rings is 1. The largest absolute Gasteiger partial charge is 0.388 e. The van der Waals surface area contributed by atoms with Crippen molar-refractivity contribution in [2.45, 2.75) is 33.3 Å². The van der Waals surface area contributed by atoms with E-state index in [-0.39, 0.29) is 5.92 Å². The zero-order valence-corrected chi connectivity index (χ0v) is 10.7. The number of aliphatic hydroxyl groups excluding tert-OH is 1. The Morgan fingerprint density at radius 1 is 1.31 bits per heavy atom. The zero-order chi connectivity index (χ0) is 12.1. The van der Waals surface area contributed by atoms with Crippen molar-refractivity contribution in [3.05, 3.63) is 34.9 Å². The van der Waals surface area contributed by atoms with Gasteiger partial charge in [-0.05, 0) is 37.3 Å². The molecule has 2 unspecified atom stereocenters. The van der Waals surface area contributed by atoms with Gasteiger partial charge in [0.2, 0.25) is 0 Å². The van der Waals surface area contributed by atoms with Crippen LogP contribution in [-0.4, -0.2) is 18.8 Å². The molecule has 1 N–H and O–H groups in total. The van der Waals surface area contributed by atoms with Gasteiger partial charge in [0.05, 0.1) is 6.10 Å². The van der Waals surface area contributed by atoms with Crippen molar-refractivity contribution in [3.8, 4) is 0 Å². The summed E-state index contributed by atoms with van der Waals surface area (Å²) in [5.74, 6) is 0.223. The fourth-order valence-electron chi connectivity index (χ4n) is 1.85. The van der Waals surface area contributed by atoms with Gasteiger partial charge in [-0.2, -0.15) is 0 Å². The van der Waals surface area contributed by atoms with Crippen molar-refractivity contribution >= 4 is 0 Å². The Morgan fingerprint density at radius 3 is 2.62 bits per heavy atom. The Labute approximate surface area is 98.3 Å². The Hall–Kier alpha value is -0.860. The molecule has 0 bridgehead atoms. The van der Waals surface area contributed by atoms with Crippen molar-refractivity contribution in [1.29, 1.82) is 0 Å². The molecule has 0 heterocycles. The first kappa shape index (κ1) is 13.2. The molecule has 1 aromatic rings. The Balaban J connectivity index is 2.78. The molecule has 2 heteroatoms. The van der Waals surface area contributed by atoms with Gasteiger partial charge in [-0.1, -0.05) is 30.7 Å². The number of aliphatic hydroxyl groups is 1. The molecule has 0 spiro atoms. The van der Waals surface area contributed by atoms with Crippen molar-refractivity contribution in [3.63, 3.8) is 0 Å². The van der Waals surface area contributed by atoms with Gasteiger partial charge in [0.25, 0.3) is 0 Å². The lowest BCUT2D eigenvalue weighted by Gasteiger charge is -2.21. The minimum atomic E-state index is -0.393. The number of methoxy groups -OCH3 is 1. The molecule has 0 saturated heterocycles. The Morgan fingerprint density at radius 2 is 2.00 bits per heavy atom. The first-order chi connectivity index (χ1) is 7.56. The molecule has 0 radical (unpaired) electrons. The highest BCUT2D eigenvalue weighted by Gasteiger charge is 2.17. The summed E-state index contributed by atoms with van der Waals surface area (Å²) < 4.78 is 5.04. The van der Waals surface area contributed by atoms with Gasteiger partial charge in [0.15, 0.2) is 0 Å². The third kappa shape index (κ3) is 3.32. The monoisotopic (exact) mass is 222 g/mol. The quantitative estimate of drug-likeness (QED) is 0.830. The van der Waals surface area contributed by atoms with E-state index in [0.29, 0.717) is 6.61 Å². The minimum Gasteiger partial charge on any atom is -0.388 e. The standard InChI is InChI=1S/C14H22O2/c1-10-5-6-11(2)13(9-10)14(15)12(3)7-8-16-4/h5-6,9,12,14-15H,7-8H2,1-4H3. The van der Waals surface area contributed by atoms with Gasteiger partial charge in [-0.25, -0.2) is 0 Å². The van der Waals surface area contributed by atoms with Crippen LogP contribution in [-0.2, 0) is 4.74 Å². The highest BCUT2D eigenvalue weighted by atomic mass is 16.5. The molecule has 0 saturated carbocycles. The number of ether oxygens (including phenoxy) is 1. The van der Waals surface area contributed by atoms with E-state index in [1.165, 1.54) is 5.56 Å². The van der Waals surface area contributed by atoms with Crippen LogP contribution >= 0.6 is 0 Å². The van der Waals surface area contributed by atoms with Crippen LogP contribution in [0.15, 0.2) is 18.2 Å². The first-order valence-electron chi connectivity index (χ1n) is 5.80. The third-order valence-electron chi connectivity index (χ3n) is 3.07. The van der Waals surface area contributed by atoms with Crippen molar-refractivity contribution in [2.24, 2.45) is 5.92 Å². The van der Waals surface area contributed by atoms with E-state index in [0.717, 1.165) is 17.5 Å². The second kappa shape index (κ2) is 6.02. The molecule has 0 aliphatic heterocycles. The molecule has 0 aromatic heterocycles. The van der Waals surface area contributed by atoms with Gasteiger partial charge in [-0.15, -0.1) is 0 Å². The second-order valence-corrected chi connectivity index (χ2v) is 4.56. The summed E-state index contributed by atoms with van der Waals surface area (Å²) >= 11 is 0. The van der Waals surface area contributed by atoms with Crippen LogP contribution < -0.4 is 0 Å². The second-order valence-electron chi connectivity index (χ2n) is 4.56. The summed E-state index contributed by atoms with van der Waals surface area (Å²) in [7, 11) is 1.69. The SMILES string of the molecule is COCCC(C)C(O)c1cc(C)ccc1C. The van der Waals surface area contributed by atoms with Crippen molar-refractivity contribution in [1.82, 2.24) is 0 Å². The molecule has 1 rings (SSSR count). The lowest BCUT2D eigenvalue weighted by atomic mass is 9.91. The van der Waals surface area contributed by atoms with Gasteiger partial charge < -0.3 is 9.84 Å². The van der Waals surface area contributed by atoms with Crippen LogP contribution in [0.2, 0.25) is 0 Å². The van der Waals surface area contributed by atoms with Crippen molar-refractivity contribution in [2.75, 3.05) is 13.7 Å². The van der Waals surface area contributed by atoms with Gasteiger partial charge in [0.1, 0.15) is 0 Å². The molecule has 1 aromatic carbocycles. The molecule has 0 aliphatic rings. The van der Waals surface area contributed by atoms with Crippen molar-refractivity contribution < 1.29 is 9.84 Å². The van der Waals surface area contributed by atoms with E-state index in [2.05, 4.69) is 32.0 Å². The maximum absolute atomic E-state index is 10.3. The first-order valence-corrected chi connectivity index (χ1v) is 5.80. The molecule has 16 heavy (non-hydrogen) atoms. The maximum atomic E-state index is 10.3. The molecular weight excluding hydrogens is 200 g/mol. The Bertz CT molecular complexity index is 334. The fraction of sp³-hybridized carbons (Fsp3) is 0.571. The average Bonchev–Trinajstić information content (AvgIpc) is 2.28. The van der Waals surface area contributed by atoms with Crippen LogP contribution in [0.1, 0.15) is 36.1 Å². The molecule has 0 aliphatic carbocycles. The average molecular weight is 222 g/mol. The van der Waals surface area contributed by atoms with Gasteiger partial charge >= 0.3 is 0 Å². The van der Waals surface area contributed by atoms with Crippen LogP contribution in [0, 0.1) is 19.8 Å². The maximum Gasteiger partial charge on any atom is 0.0819 e. The van der Waals surface area contributed by atoms with E-state index in [4.69, 9.17) is 4.74 Å². The van der Waals surface area contributed by atoms with E-state index in [1.807, 2.05) is 6.92 Å². The van der Waals surface area contributed by atoms with Crippen LogP contribution in [0.5, 0.6) is 0 Å². The van der Waals surface area contributed by atoms with E-state index in [1.54, 1.807) is 7.11 Å². The number of rotatable bonds is 5. The van der Waals surface area contributed by atoms with Gasteiger partial charge in [0, 0.05) is 13.7 Å². The topological polar surface area (TPSA) is 29.5 Å². The summed E-state index contributed by atoms with van der Waals surface area (Å²) in [5.41, 5.74) is 3.39. The number of aryl methyl sites for hydroxylation is 2. The molecular formula is C14H22O2. The Kier molecular flexibility index (Phi) is 4.97. The lowest BCUT2D eigenvalue weighted by molar-refractivity contribution is 0.0881. The van der Waals surface area contributed by atoms with E-state index < -0.39 is 6.10 Å². The summed E-state index contributed by atoms with van der Waals surface area (Å²) in [6.07, 6.45) is 0.487. The van der Waals surface area contributed by atoms with Crippen LogP contribution in [0.25, 0.3) is 0 Å². The summed E-state index contributed by atoms with van der Waals surface area (Å²) in [6, 6.07) is 6.21. The summed E-state index contributed by atoms with van der Waals surface area (Å²) in [5, 5.41) is 10.3. The summed E-state index contributed by atoms with van der Waals surface area (Å²) in [6.45, 7) is 6.85.